The number of carbonyl (C=O) groups excluding carboxylic acids is 2. The number of likely N-dealkylation sites (N-methyl/N-ethyl adjacent to an activating group) is 1. The van der Waals surface area contributed by atoms with E-state index < -0.39 is 30.2 Å². The number of amides is 3. The van der Waals surface area contributed by atoms with Crippen molar-refractivity contribution in [3.05, 3.63) is 66.2 Å². The quantitative estimate of drug-likeness (QED) is 0.428. The molecule has 172 valence electrons. The number of hydrazone groups is 1. The zero-order valence-corrected chi connectivity index (χ0v) is 18.4. The third-order valence-electron chi connectivity index (χ3n) is 5.47. The van der Waals surface area contributed by atoms with Gasteiger partial charge in [-0.3, -0.25) is 10.1 Å². The molecule has 0 spiro atoms. The first-order valence-electron chi connectivity index (χ1n) is 10.6. The van der Waals surface area contributed by atoms with Crippen molar-refractivity contribution in [2.45, 2.75) is 25.2 Å². The van der Waals surface area contributed by atoms with Crippen molar-refractivity contribution in [3.63, 3.8) is 0 Å². The molecule has 1 fully saturated rings. The first-order chi connectivity index (χ1) is 15.9. The van der Waals surface area contributed by atoms with E-state index in [1.165, 1.54) is 4.90 Å². The first kappa shape index (κ1) is 22.3. The Kier molecular flexibility index (Phi) is 6.55. The zero-order chi connectivity index (χ0) is 23.4. The highest BCUT2D eigenvalue weighted by Gasteiger charge is 2.49. The van der Waals surface area contributed by atoms with Gasteiger partial charge in [-0.2, -0.15) is 5.10 Å². The maximum absolute atomic E-state index is 12.7. The topological polar surface area (TPSA) is 119 Å². The van der Waals surface area contributed by atoms with Gasteiger partial charge in [0.05, 0.1) is 12.3 Å². The third-order valence-corrected chi connectivity index (χ3v) is 5.47. The Labute approximate surface area is 191 Å². The van der Waals surface area contributed by atoms with Crippen molar-refractivity contribution in [1.82, 2.24) is 20.5 Å². The lowest BCUT2D eigenvalue weighted by molar-refractivity contribution is -0.127. The molecule has 0 radical (unpaired) electrons. The van der Waals surface area contributed by atoms with Crippen LogP contribution in [0.2, 0.25) is 0 Å². The number of ether oxygens (including phenoxy) is 1. The summed E-state index contributed by atoms with van der Waals surface area (Å²) in [5.41, 5.74) is 4.56. The van der Waals surface area contributed by atoms with E-state index in [1.807, 2.05) is 55.5 Å². The summed E-state index contributed by atoms with van der Waals surface area (Å²) in [6.07, 6.45) is -1.66. The summed E-state index contributed by atoms with van der Waals surface area (Å²) in [7, 11) is 1.57. The van der Waals surface area contributed by atoms with Crippen LogP contribution in [0, 0.1) is 0 Å². The molecule has 3 amide bonds. The van der Waals surface area contributed by atoms with E-state index in [1.54, 1.807) is 24.1 Å². The van der Waals surface area contributed by atoms with E-state index in [2.05, 4.69) is 20.8 Å². The van der Waals surface area contributed by atoms with Crippen LogP contribution >= 0.6 is 0 Å². The molecule has 0 bridgehead atoms. The number of imide groups is 1. The molecule has 4 rings (SSSR count). The van der Waals surface area contributed by atoms with Crippen LogP contribution in [0.15, 0.2) is 70.8 Å². The summed E-state index contributed by atoms with van der Waals surface area (Å²) in [5, 5.41) is 17.4. The van der Waals surface area contributed by atoms with E-state index in [9.17, 15) is 14.7 Å². The molecule has 0 aliphatic carbocycles. The third kappa shape index (κ3) is 4.96. The van der Waals surface area contributed by atoms with Gasteiger partial charge in [0.2, 0.25) is 5.96 Å². The largest absolute Gasteiger partial charge is 0.491 e. The van der Waals surface area contributed by atoms with Crippen molar-refractivity contribution >= 4 is 23.6 Å². The Morgan fingerprint density at radius 3 is 2.55 bits per heavy atom. The number of nitrogens with one attached hydrogen (secondary N) is 2. The van der Waals surface area contributed by atoms with Gasteiger partial charge in [0.1, 0.15) is 18.5 Å². The minimum absolute atomic E-state index is 0.0217. The molecular weight excluding hydrogens is 424 g/mol. The van der Waals surface area contributed by atoms with Crippen LogP contribution in [-0.4, -0.2) is 77.0 Å². The van der Waals surface area contributed by atoms with Gasteiger partial charge in [-0.25, -0.2) is 15.2 Å². The number of guanidine groups is 1. The summed E-state index contributed by atoms with van der Waals surface area (Å²) in [6.45, 7) is 1.92. The highest BCUT2D eigenvalue weighted by molar-refractivity contribution is 6.04. The maximum atomic E-state index is 12.7. The highest BCUT2D eigenvalue weighted by Crippen LogP contribution is 2.24. The van der Waals surface area contributed by atoms with E-state index in [0.29, 0.717) is 5.75 Å². The standard InChI is InChI=1S/C23H26N6O4/c1-15(16-9-5-3-6-10-16)26-27-22-24-20-19(21(31)25-23(32)28(20)2)29(22)13-17(30)14-33-18-11-7-4-8-12-18/h3-12,17,19-20,30H,13-14H2,1-2H3,(H,24,27)(H,25,31,32)/b26-15+. The molecule has 3 unspecified atom stereocenters. The van der Waals surface area contributed by atoms with Crippen LogP contribution in [0.5, 0.6) is 5.75 Å². The summed E-state index contributed by atoms with van der Waals surface area (Å²) >= 11 is 0. The Hall–Kier alpha value is -3.92. The molecule has 2 aromatic carbocycles. The fourth-order valence-corrected chi connectivity index (χ4v) is 3.69. The van der Waals surface area contributed by atoms with Crippen LogP contribution in [-0.2, 0) is 4.79 Å². The Balaban J connectivity index is 1.51. The summed E-state index contributed by atoms with van der Waals surface area (Å²) < 4.78 is 5.64. The molecule has 2 heterocycles. The first-order valence-corrected chi connectivity index (χ1v) is 10.6. The lowest BCUT2D eigenvalue weighted by Gasteiger charge is -2.36. The van der Waals surface area contributed by atoms with Gasteiger partial charge < -0.3 is 19.6 Å². The average molecular weight is 450 g/mol. The van der Waals surface area contributed by atoms with E-state index in [4.69, 9.17) is 4.74 Å². The molecule has 1 saturated heterocycles. The molecule has 3 N–H and O–H groups in total. The predicted octanol–water partition coefficient (Wildman–Crippen LogP) is 0.988. The SMILES string of the molecule is C/C(=N\NC1=NC2C(C(=O)NC(=O)N2C)N1CC(O)COc1ccccc1)c1ccccc1. The predicted molar refractivity (Wildman–Crippen MR) is 123 cm³/mol. The highest BCUT2D eigenvalue weighted by atomic mass is 16.5. The maximum Gasteiger partial charge on any atom is 0.325 e. The Morgan fingerprint density at radius 2 is 1.85 bits per heavy atom. The number of nitrogens with zero attached hydrogens (tertiary/aromatic N) is 4. The molecule has 10 nitrogen and oxygen atoms in total. The van der Waals surface area contributed by atoms with Crippen LogP contribution in [0.25, 0.3) is 0 Å². The molecule has 2 aliphatic rings. The molecular formula is C23H26N6O4. The lowest BCUT2D eigenvalue weighted by atomic mass is 10.1. The van der Waals surface area contributed by atoms with Crippen molar-refractivity contribution in [1.29, 1.82) is 0 Å². The van der Waals surface area contributed by atoms with Crippen molar-refractivity contribution in [3.8, 4) is 5.75 Å². The minimum atomic E-state index is -0.925. The number of aliphatic hydroxyl groups is 1. The minimum Gasteiger partial charge on any atom is -0.491 e. The number of β-amino-alcohol motifs (C(OH)–C–C–N with tert-alkyl or cyclic N) is 1. The molecule has 2 aliphatic heterocycles. The molecule has 0 saturated carbocycles. The number of rotatable bonds is 7. The van der Waals surface area contributed by atoms with Gasteiger partial charge in [0.15, 0.2) is 12.2 Å². The monoisotopic (exact) mass is 450 g/mol. The number of urea groups is 1. The van der Waals surface area contributed by atoms with Crippen LogP contribution in [0.3, 0.4) is 0 Å². The number of fused-ring (bicyclic) bond motifs is 1. The van der Waals surface area contributed by atoms with Crippen molar-refractivity contribution in [2.24, 2.45) is 10.1 Å². The molecule has 3 atom stereocenters. The lowest BCUT2D eigenvalue weighted by Crippen LogP contribution is -2.64. The number of aliphatic hydroxyl groups excluding tert-OH is 1. The molecule has 0 aromatic heterocycles. The van der Waals surface area contributed by atoms with Gasteiger partial charge in [-0.1, -0.05) is 48.5 Å². The van der Waals surface area contributed by atoms with Gasteiger partial charge in [0.25, 0.3) is 5.91 Å². The van der Waals surface area contributed by atoms with Crippen molar-refractivity contribution < 1.29 is 19.4 Å². The van der Waals surface area contributed by atoms with Crippen LogP contribution in [0.1, 0.15) is 12.5 Å². The van der Waals surface area contributed by atoms with E-state index >= 15 is 0 Å². The number of aliphatic imine (C=N–C) groups is 1. The summed E-state index contributed by atoms with van der Waals surface area (Å²) in [4.78, 5) is 32.2. The molecule has 33 heavy (non-hydrogen) atoms. The van der Waals surface area contributed by atoms with Gasteiger partial charge in [-0.15, -0.1) is 0 Å². The number of para-hydroxylation sites is 1. The van der Waals surface area contributed by atoms with Crippen LogP contribution < -0.4 is 15.5 Å². The second-order valence-corrected chi connectivity index (χ2v) is 7.82. The number of hydrogen-bond acceptors (Lipinski definition) is 8. The molecule has 10 heteroatoms. The van der Waals surface area contributed by atoms with E-state index in [-0.39, 0.29) is 19.1 Å². The van der Waals surface area contributed by atoms with Crippen LogP contribution in [0.4, 0.5) is 4.79 Å². The summed E-state index contributed by atoms with van der Waals surface area (Å²) in [6, 6.07) is 17.4. The van der Waals surface area contributed by atoms with Gasteiger partial charge in [0, 0.05) is 7.05 Å². The smallest absolute Gasteiger partial charge is 0.325 e. The second kappa shape index (κ2) is 9.70. The Bertz CT molecular complexity index is 1060. The van der Waals surface area contributed by atoms with Crippen molar-refractivity contribution in [2.75, 3.05) is 20.2 Å². The normalized spacial score (nSPS) is 21.3. The fourth-order valence-electron chi connectivity index (χ4n) is 3.69. The Morgan fingerprint density at radius 1 is 1.18 bits per heavy atom. The average Bonchev–Trinajstić information content (AvgIpc) is 3.19. The number of hydrogen-bond donors (Lipinski definition) is 3. The fraction of sp³-hybridized carbons (Fsp3) is 0.304. The molecule has 2 aromatic rings. The van der Waals surface area contributed by atoms with Gasteiger partial charge >= 0.3 is 6.03 Å². The van der Waals surface area contributed by atoms with Gasteiger partial charge in [-0.05, 0) is 24.6 Å². The number of benzene rings is 2. The zero-order valence-electron chi connectivity index (χ0n) is 18.4. The summed E-state index contributed by atoms with van der Waals surface area (Å²) in [5.74, 6) is 0.436. The second-order valence-electron chi connectivity index (χ2n) is 7.82. The number of carbonyl (C=O) groups is 2. The van der Waals surface area contributed by atoms with E-state index in [0.717, 1.165) is 11.3 Å².